The number of fused-ring (bicyclic) bond motifs is 3. The lowest BCUT2D eigenvalue weighted by atomic mass is 10.0. The molecule has 0 bridgehead atoms. The zero-order valence-electron chi connectivity index (χ0n) is 9.86. The number of pyridine rings is 1. The Labute approximate surface area is 109 Å². The molecule has 1 aliphatic heterocycles. The van der Waals surface area contributed by atoms with E-state index >= 15 is 0 Å². The van der Waals surface area contributed by atoms with Crippen molar-refractivity contribution in [3.05, 3.63) is 27.3 Å². The third-order valence-electron chi connectivity index (χ3n) is 3.21. The molecule has 3 nitrogen and oxygen atoms in total. The maximum absolute atomic E-state index is 6.20. The van der Waals surface area contributed by atoms with E-state index in [4.69, 9.17) is 11.6 Å². The lowest BCUT2D eigenvalue weighted by Gasteiger charge is -2.33. The zero-order valence-corrected chi connectivity index (χ0v) is 11.4. The van der Waals surface area contributed by atoms with Gasteiger partial charge in [-0.05, 0) is 19.9 Å². The van der Waals surface area contributed by atoms with Gasteiger partial charge in [0, 0.05) is 18.8 Å². The number of aryl methyl sites for hydroxylation is 1. The van der Waals surface area contributed by atoms with E-state index in [-0.39, 0.29) is 0 Å². The molecule has 0 spiro atoms. The largest absolute Gasteiger partial charge is 0.364 e. The SMILES string of the molecule is Cc1nc2c(s1)C(C)N(C)c1c-2ccnc1Cl. The number of anilines is 1. The van der Waals surface area contributed by atoms with E-state index in [1.807, 2.05) is 13.0 Å². The predicted molar refractivity (Wildman–Crippen MR) is 71.9 cm³/mol. The van der Waals surface area contributed by atoms with E-state index in [0.717, 1.165) is 22.0 Å². The van der Waals surface area contributed by atoms with Crippen LogP contribution in [0.1, 0.15) is 22.9 Å². The second kappa shape index (κ2) is 3.68. The molecule has 0 amide bonds. The van der Waals surface area contributed by atoms with Crippen molar-refractivity contribution in [3.8, 4) is 11.3 Å². The van der Waals surface area contributed by atoms with Gasteiger partial charge in [0.1, 0.15) is 0 Å². The van der Waals surface area contributed by atoms with Crippen LogP contribution in [0.3, 0.4) is 0 Å². The fourth-order valence-corrected chi connectivity index (χ4v) is 3.57. The summed E-state index contributed by atoms with van der Waals surface area (Å²) in [5.74, 6) is 0. The van der Waals surface area contributed by atoms with Crippen molar-refractivity contribution in [2.24, 2.45) is 0 Å². The molecule has 0 saturated heterocycles. The molecule has 0 N–H and O–H groups in total. The monoisotopic (exact) mass is 265 g/mol. The molecule has 3 rings (SSSR count). The van der Waals surface area contributed by atoms with Gasteiger partial charge in [-0.3, -0.25) is 0 Å². The molecule has 0 saturated carbocycles. The minimum Gasteiger partial charge on any atom is -0.364 e. The average molecular weight is 266 g/mol. The van der Waals surface area contributed by atoms with Crippen LogP contribution in [0, 0.1) is 6.92 Å². The molecule has 1 atom stereocenters. The minimum absolute atomic E-state index is 0.297. The molecular weight excluding hydrogens is 254 g/mol. The Balaban J connectivity index is 2.35. The number of hydrogen-bond donors (Lipinski definition) is 0. The normalized spacial score (nSPS) is 17.9. The van der Waals surface area contributed by atoms with Gasteiger partial charge in [-0.2, -0.15) is 0 Å². The number of rotatable bonds is 0. The second-order valence-corrected chi connectivity index (χ2v) is 5.82. The maximum Gasteiger partial charge on any atom is 0.152 e. The highest BCUT2D eigenvalue weighted by Gasteiger charge is 2.30. The highest BCUT2D eigenvalue weighted by atomic mass is 35.5. The first-order valence-electron chi connectivity index (χ1n) is 5.44. The van der Waals surface area contributed by atoms with E-state index < -0.39 is 0 Å². The fourth-order valence-electron chi connectivity index (χ4n) is 2.24. The van der Waals surface area contributed by atoms with Crippen LogP contribution in [0.25, 0.3) is 11.3 Å². The fraction of sp³-hybridized carbons (Fsp3) is 0.333. The van der Waals surface area contributed by atoms with Crippen molar-refractivity contribution in [3.63, 3.8) is 0 Å². The molecule has 0 aromatic carbocycles. The molecular formula is C12H12ClN3S. The van der Waals surface area contributed by atoms with Crippen molar-refractivity contribution in [1.29, 1.82) is 0 Å². The Morgan fingerprint density at radius 1 is 1.47 bits per heavy atom. The Morgan fingerprint density at radius 2 is 2.24 bits per heavy atom. The van der Waals surface area contributed by atoms with Crippen LogP contribution in [-0.4, -0.2) is 17.0 Å². The van der Waals surface area contributed by atoms with Crippen LogP contribution >= 0.6 is 22.9 Å². The van der Waals surface area contributed by atoms with Gasteiger partial charge < -0.3 is 4.90 Å². The van der Waals surface area contributed by atoms with Crippen molar-refractivity contribution >= 4 is 28.6 Å². The first-order chi connectivity index (χ1) is 8.09. The van der Waals surface area contributed by atoms with Crippen molar-refractivity contribution in [2.75, 3.05) is 11.9 Å². The lowest BCUT2D eigenvalue weighted by Crippen LogP contribution is -2.25. The molecule has 1 unspecified atom stereocenters. The summed E-state index contributed by atoms with van der Waals surface area (Å²) in [6.07, 6.45) is 1.74. The summed E-state index contributed by atoms with van der Waals surface area (Å²) in [7, 11) is 2.05. The molecule has 88 valence electrons. The zero-order chi connectivity index (χ0) is 12.2. The van der Waals surface area contributed by atoms with Crippen LogP contribution < -0.4 is 4.90 Å². The Morgan fingerprint density at radius 3 is 3.00 bits per heavy atom. The number of nitrogens with zero attached hydrogens (tertiary/aromatic N) is 3. The van der Waals surface area contributed by atoms with Gasteiger partial charge in [-0.15, -0.1) is 11.3 Å². The van der Waals surface area contributed by atoms with Gasteiger partial charge in [-0.1, -0.05) is 11.6 Å². The summed E-state index contributed by atoms with van der Waals surface area (Å²) >= 11 is 7.95. The molecule has 5 heteroatoms. The molecule has 0 fully saturated rings. The molecule has 2 aromatic rings. The summed E-state index contributed by atoms with van der Waals surface area (Å²) in [6.45, 7) is 4.21. The molecule has 1 aliphatic rings. The highest BCUT2D eigenvalue weighted by molar-refractivity contribution is 7.12. The van der Waals surface area contributed by atoms with E-state index in [1.165, 1.54) is 4.88 Å². The van der Waals surface area contributed by atoms with Gasteiger partial charge in [-0.25, -0.2) is 9.97 Å². The van der Waals surface area contributed by atoms with Crippen LogP contribution in [-0.2, 0) is 0 Å². The molecule has 0 aliphatic carbocycles. The first kappa shape index (κ1) is 11.0. The quantitative estimate of drug-likeness (QED) is 0.681. The predicted octanol–water partition coefficient (Wildman–Crippen LogP) is 3.68. The Bertz CT molecular complexity index is 593. The van der Waals surface area contributed by atoms with Gasteiger partial charge >= 0.3 is 0 Å². The highest BCUT2D eigenvalue weighted by Crippen LogP contribution is 2.47. The Hall–Kier alpha value is -1.13. The third-order valence-corrected chi connectivity index (χ3v) is 4.63. The molecule has 3 heterocycles. The molecule has 0 radical (unpaired) electrons. The van der Waals surface area contributed by atoms with Crippen molar-refractivity contribution in [1.82, 2.24) is 9.97 Å². The van der Waals surface area contributed by atoms with Crippen LogP contribution in [0.5, 0.6) is 0 Å². The smallest absolute Gasteiger partial charge is 0.152 e. The van der Waals surface area contributed by atoms with Gasteiger partial charge in [0.25, 0.3) is 0 Å². The minimum atomic E-state index is 0.297. The van der Waals surface area contributed by atoms with Crippen molar-refractivity contribution in [2.45, 2.75) is 19.9 Å². The first-order valence-corrected chi connectivity index (χ1v) is 6.64. The Kier molecular flexibility index (Phi) is 2.38. The summed E-state index contributed by atoms with van der Waals surface area (Å²) in [5.41, 5.74) is 3.14. The molecule has 2 aromatic heterocycles. The summed E-state index contributed by atoms with van der Waals surface area (Å²) < 4.78 is 0. The summed E-state index contributed by atoms with van der Waals surface area (Å²) in [6, 6.07) is 2.28. The maximum atomic E-state index is 6.20. The van der Waals surface area contributed by atoms with E-state index in [9.17, 15) is 0 Å². The van der Waals surface area contributed by atoms with Crippen LogP contribution in [0.2, 0.25) is 5.15 Å². The van der Waals surface area contributed by atoms with Gasteiger partial charge in [0.2, 0.25) is 0 Å². The summed E-state index contributed by atoms with van der Waals surface area (Å²) in [5, 5.41) is 1.64. The van der Waals surface area contributed by atoms with Crippen molar-refractivity contribution < 1.29 is 0 Å². The van der Waals surface area contributed by atoms with Crippen LogP contribution in [0.15, 0.2) is 12.3 Å². The van der Waals surface area contributed by atoms with Gasteiger partial charge in [0.15, 0.2) is 5.15 Å². The average Bonchev–Trinajstić information content (AvgIpc) is 2.68. The van der Waals surface area contributed by atoms with E-state index in [1.54, 1.807) is 17.5 Å². The van der Waals surface area contributed by atoms with E-state index in [0.29, 0.717) is 11.2 Å². The number of halogens is 1. The number of hydrogen-bond acceptors (Lipinski definition) is 4. The van der Waals surface area contributed by atoms with Crippen LogP contribution in [0.4, 0.5) is 5.69 Å². The van der Waals surface area contributed by atoms with Gasteiger partial charge in [0.05, 0.1) is 27.3 Å². The second-order valence-electron chi connectivity index (χ2n) is 4.23. The topological polar surface area (TPSA) is 29.0 Å². The number of thiazole rings is 1. The molecule has 17 heavy (non-hydrogen) atoms. The number of aromatic nitrogens is 2. The standard InChI is InChI=1S/C12H12ClN3S/c1-6-11-9(15-7(2)17-11)8-4-5-14-12(13)10(8)16(6)3/h4-6H,1-3H3. The third kappa shape index (κ3) is 1.47. The van der Waals surface area contributed by atoms with E-state index in [2.05, 4.69) is 28.8 Å². The lowest BCUT2D eigenvalue weighted by molar-refractivity contribution is 0.742. The summed E-state index contributed by atoms with van der Waals surface area (Å²) in [4.78, 5) is 12.3.